The van der Waals surface area contributed by atoms with Crippen molar-refractivity contribution in [3.05, 3.63) is 23.8 Å². The lowest BCUT2D eigenvalue weighted by molar-refractivity contribution is 0.100. The molecule has 5 heteroatoms. The molecule has 1 aromatic carbocycles. The fraction of sp³-hybridized carbons (Fsp3) is 0.533. The Morgan fingerprint density at radius 3 is 2.75 bits per heavy atom. The molecule has 0 aromatic heterocycles. The van der Waals surface area contributed by atoms with Crippen molar-refractivity contribution < 1.29 is 4.79 Å². The number of amides is 1. The second-order valence-electron chi connectivity index (χ2n) is 5.51. The molecule has 0 heterocycles. The third kappa shape index (κ3) is 3.63. The summed E-state index contributed by atoms with van der Waals surface area (Å²) in [7, 11) is 2.17. The van der Waals surface area contributed by atoms with Crippen LogP contribution in [0.15, 0.2) is 18.2 Å². The lowest BCUT2D eigenvalue weighted by Gasteiger charge is -2.24. The zero-order valence-corrected chi connectivity index (χ0v) is 12.1. The van der Waals surface area contributed by atoms with Crippen molar-refractivity contribution in [3.63, 3.8) is 0 Å². The molecule has 0 radical (unpaired) electrons. The topological polar surface area (TPSA) is 84.4 Å². The molecule has 1 aromatic rings. The van der Waals surface area contributed by atoms with E-state index in [-0.39, 0.29) is 0 Å². The van der Waals surface area contributed by atoms with Gasteiger partial charge in [0.2, 0.25) is 5.91 Å². The Morgan fingerprint density at radius 2 is 2.10 bits per heavy atom. The first-order chi connectivity index (χ1) is 9.58. The number of nitrogens with two attached hydrogens (primary N) is 2. The SMILES string of the molecule is CN(CCNc1cc(C(N)=O)ccc1N)C1CCCC1. The van der Waals surface area contributed by atoms with Crippen LogP contribution in [0.5, 0.6) is 0 Å². The van der Waals surface area contributed by atoms with E-state index in [0.717, 1.165) is 18.8 Å². The number of hydrogen-bond donors (Lipinski definition) is 3. The van der Waals surface area contributed by atoms with Crippen LogP contribution in [0.2, 0.25) is 0 Å². The second kappa shape index (κ2) is 6.61. The van der Waals surface area contributed by atoms with E-state index >= 15 is 0 Å². The lowest BCUT2D eigenvalue weighted by Crippen LogP contribution is -2.33. The summed E-state index contributed by atoms with van der Waals surface area (Å²) in [6.07, 6.45) is 5.29. The summed E-state index contributed by atoms with van der Waals surface area (Å²) >= 11 is 0. The molecule has 1 aliphatic carbocycles. The molecule has 1 saturated carbocycles. The number of rotatable bonds is 6. The average Bonchev–Trinajstić information content (AvgIpc) is 2.94. The molecule has 1 fully saturated rings. The number of benzene rings is 1. The highest BCUT2D eigenvalue weighted by Gasteiger charge is 2.18. The van der Waals surface area contributed by atoms with Crippen LogP contribution < -0.4 is 16.8 Å². The average molecular weight is 276 g/mol. The molecular formula is C15H24N4O. The number of nitrogens with one attached hydrogen (secondary N) is 1. The third-order valence-corrected chi connectivity index (χ3v) is 4.07. The number of hydrogen-bond acceptors (Lipinski definition) is 4. The van der Waals surface area contributed by atoms with E-state index in [2.05, 4.69) is 17.3 Å². The van der Waals surface area contributed by atoms with E-state index < -0.39 is 5.91 Å². The summed E-state index contributed by atoms with van der Waals surface area (Å²) in [5, 5.41) is 3.29. The van der Waals surface area contributed by atoms with Crippen LogP contribution in [0.4, 0.5) is 11.4 Å². The Kier molecular flexibility index (Phi) is 4.84. The molecule has 1 aliphatic rings. The number of nitrogen functional groups attached to an aromatic ring is 1. The van der Waals surface area contributed by atoms with E-state index in [1.165, 1.54) is 25.7 Å². The van der Waals surface area contributed by atoms with Gasteiger partial charge >= 0.3 is 0 Å². The first-order valence-corrected chi connectivity index (χ1v) is 7.21. The van der Waals surface area contributed by atoms with Crippen molar-refractivity contribution in [2.45, 2.75) is 31.7 Å². The van der Waals surface area contributed by atoms with Crippen molar-refractivity contribution in [1.82, 2.24) is 4.90 Å². The van der Waals surface area contributed by atoms with Gasteiger partial charge < -0.3 is 21.7 Å². The van der Waals surface area contributed by atoms with Crippen molar-refractivity contribution in [2.24, 2.45) is 5.73 Å². The molecular weight excluding hydrogens is 252 g/mol. The number of carbonyl (C=O) groups is 1. The van der Waals surface area contributed by atoms with Gasteiger partial charge in [-0.2, -0.15) is 0 Å². The van der Waals surface area contributed by atoms with Gasteiger partial charge in [-0.3, -0.25) is 4.79 Å². The monoisotopic (exact) mass is 276 g/mol. The number of likely N-dealkylation sites (N-methyl/N-ethyl adjacent to an activating group) is 1. The van der Waals surface area contributed by atoms with Gasteiger partial charge in [-0.15, -0.1) is 0 Å². The molecule has 20 heavy (non-hydrogen) atoms. The molecule has 5 nitrogen and oxygen atoms in total. The van der Waals surface area contributed by atoms with Crippen LogP contribution in [0, 0.1) is 0 Å². The molecule has 5 N–H and O–H groups in total. The van der Waals surface area contributed by atoms with Crippen molar-refractivity contribution in [2.75, 3.05) is 31.2 Å². The Labute approximate surface area is 120 Å². The van der Waals surface area contributed by atoms with Crippen molar-refractivity contribution in [3.8, 4) is 0 Å². The molecule has 0 spiro atoms. The third-order valence-electron chi connectivity index (χ3n) is 4.07. The summed E-state index contributed by atoms with van der Waals surface area (Å²) in [4.78, 5) is 13.6. The number of nitrogens with zero attached hydrogens (tertiary/aromatic N) is 1. The summed E-state index contributed by atoms with van der Waals surface area (Å²) in [6.45, 7) is 1.77. The molecule has 2 rings (SSSR count). The minimum atomic E-state index is -0.434. The van der Waals surface area contributed by atoms with Crippen LogP contribution >= 0.6 is 0 Å². The molecule has 0 atom stereocenters. The fourth-order valence-electron chi connectivity index (χ4n) is 2.76. The normalized spacial score (nSPS) is 15.7. The van der Waals surface area contributed by atoms with Crippen LogP contribution in [0.25, 0.3) is 0 Å². The first kappa shape index (κ1) is 14.7. The van der Waals surface area contributed by atoms with Crippen LogP contribution in [0.3, 0.4) is 0 Å². The van der Waals surface area contributed by atoms with Crippen molar-refractivity contribution in [1.29, 1.82) is 0 Å². The van der Waals surface area contributed by atoms with Gasteiger partial charge in [0.25, 0.3) is 0 Å². The predicted molar refractivity (Wildman–Crippen MR) is 82.7 cm³/mol. The molecule has 0 aliphatic heterocycles. The van der Waals surface area contributed by atoms with Gasteiger partial charge in [0.1, 0.15) is 0 Å². The Morgan fingerprint density at radius 1 is 1.40 bits per heavy atom. The Bertz CT molecular complexity index is 469. The Hall–Kier alpha value is -1.75. The van der Waals surface area contributed by atoms with Crippen LogP contribution in [-0.4, -0.2) is 37.0 Å². The number of carbonyl (C=O) groups excluding carboxylic acids is 1. The highest BCUT2D eigenvalue weighted by atomic mass is 16.1. The molecule has 0 bridgehead atoms. The highest BCUT2D eigenvalue weighted by molar-refractivity contribution is 5.94. The van der Waals surface area contributed by atoms with E-state index in [9.17, 15) is 4.79 Å². The van der Waals surface area contributed by atoms with Crippen LogP contribution in [0.1, 0.15) is 36.0 Å². The molecule has 110 valence electrons. The standard InChI is InChI=1S/C15H24N4O/c1-19(12-4-2-3-5-12)9-8-18-14-10-11(15(17)20)6-7-13(14)16/h6-7,10,12,18H,2-5,8-9,16H2,1H3,(H2,17,20). The first-order valence-electron chi connectivity index (χ1n) is 7.21. The van der Waals surface area contributed by atoms with Crippen LogP contribution in [-0.2, 0) is 0 Å². The van der Waals surface area contributed by atoms with Gasteiger partial charge in [-0.05, 0) is 38.1 Å². The fourth-order valence-corrected chi connectivity index (χ4v) is 2.76. The second-order valence-corrected chi connectivity index (χ2v) is 5.51. The predicted octanol–water partition coefficient (Wildman–Crippen LogP) is 1.65. The number of anilines is 2. The number of primary amides is 1. The van der Waals surface area contributed by atoms with E-state index in [0.29, 0.717) is 17.3 Å². The summed E-state index contributed by atoms with van der Waals surface area (Å²) in [5.74, 6) is -0.434. The maximum atomic E-state index is 11.2. The quantitative estimate of drug-likeness (QED) is 0.690. The zero-order chi connectivity index (χ0) is 14.5. The van der Waals surface area contributed by atoms with E-state index in [4.69, 9.17) is 11.5 Å². The maximum Gasteiger partial charge on any atom is 0.248 e. The smallest absolute Gasteiger partial charge is 0.248 e. The highest BCUT2D eigenvalue weighted by Crippen LogP contribution is 2.22. The summed E-state index contributed by atoms with van der Waals surface area (Å²) in [5.41, 5.74) is 13.1. The summed E-state index contributed by atoms with van der Waals surface area (Å²) in [6, 6.07) is 5.79. The maximum absolute atomic E-state index is 11.2. The van der Waals surface area contributed by atoms with Gasteiger partial charge in [0, 0.05) is 24.7 Å². The molecule has 0 saturated heterocycles. The summed E-state index contributed by atoms with van der Waals surface area (Å²) < 4.78 is 0. The van der Waals surface area contributed by atoms with Gasteiger partial charge in [-0.25, -0.2) is 0 Å². The largest absolute Gasteiger partial charge is 0.397 e. The van der Waals surface area contributed by atoms with Gasteiger partial charge in [0.05, 0.1) is 11.4 Å². The zero-order valence-electron chi connectivity index (χ0n) is 12.1. The minimum absolute atomic E-state index is 0.434. The van der Waals surface area contributed by atoms with E-state index in [1.807, 2.05) is 0 Å². The Balaban J connectivity index is 1.87. The van der Waals surface area contributed by atoms with Crippen molar-refractivity contribution >= 4 is 17.3 Å². The molecule has 1 amide bonds. The molecule has 0 unspecified atom stereocenters. The van der Waals surface area contributed by atoms with Gasteiger partial charge in [0.15, 0.2) is 0 Å². The minimum Gasteiger partial charge on any atom is -0.397 e. The lowest BCUT2D eigenvalue weighted by atomic mass is 10.1. The van der Waals surface area contributed by atoms with E-state index in [1.54, 1.807) is 18.2 Å². The van der Waals surface area contributed by atoms with Gasteiger partial charge in [-0.1, -0.05) is 12.8 Å².